The highest BCUT2D eigenvalue weighted by atomic mass is 79.9. The molecule has 1 N–H and O–H groups in total. The number of aryl methyl sites for hydroxylation is 1. The van der Waals surface area contributed by atoms with Crippen molar-refractivity contribution in [3.8, 4) is 5.75 Å². The molecule has 0 atom stereocenters. The van der Waals surface area contributed by atoms with E-state index in [0.29, 0.717) is 23.6 Å². The molecule has 8 heteroatoms. The number of barbiturate groups is 1. The summed E-state index contributed by atoms with van der Waals surface area (Å²) in [6.45, 7) is 2.28. The van der Waals surface area contributed by atoms with Crippen LogP contribution in [0.4, 0.5) is 10.5 Å². The van der Waals surface area contributed by atoms with Crippen LogP contribution >= 0.6 is 31.9 Å². The summed E-state index contributed by atoms with van der Waals surface area (Å²) in [7, 11) is 0. The van der Waals surface area contributed by atoms with Gasteiger partial charge in [0.2, 0.25) is 0 Å². The highest BCUT2D eigenvalue weighted by molar-refractivity contribution is 9.11. The highest BCUT2D eigenvalue weighted by Gasteiger charge is 2.36. The monoisotopic (exact) mass is 568 g/mol. The van der Waals surface area contributed by atoms with E-state index in [9.17, 15) is 14.4 Å². The summed E-state index contributed by atoms with van der Waals surface area (Å²) >= 11 is 6.93. The molecule has 0 aromatic heterocycles. The molecule has 166 valence electrons. The van der Waals surface area contributed by atoms with Crippen LogP contribution in [0, 0.1) is 6.92 Å². The Kier molecular flexibility index (Phi) is 6.76. The van der Waals surface area contributed by atoms with Crippen LogP contribution in [0.2, 0.25) is 0 Å². The number of imide groups is 2. The van der Waals surface area contributed by atoms with Crippen LogP contribution in [0.15, 0.2) is 81.2 Å². The fraction of sp³-hybridized carbons (Fsp3) is 0.0800. The van der Waals surface area contributed by atoms with E-state index in [1.165, 1.54) is 6.08 Å². The standard InChI is InChI=1S/C25H18Br2N2O4/c1-15-2-8-19(9-3-15)29-24(31)21(23(30)28-25(29)32)12-16-4-10-20(11-5-16)33-14-17-6-7-18(26)13-22(17)27/h2-13H,14H2,1H3,(H,28,30,32)/b21-12+. The largest absolute Gasteiger partial charge is 0.489 e. The normalized spacial score (nSPS) is 15.1. The van der Waals surface area contributed by atoms with Gasteiger partial charge in [0.1, 0.15) is 17.9 Å². The molecule has 0 aliphatic carbocycles. The van der Waals surface area contributed by atoms with Crippen molar-refractivity contribution in [1.82, 2.24) is 5.32 Å². The number of carbonyl (C=O) groups excluding carboxylic acids is 3. The molecule has 0 spiro atoms. The molecule has 3 aromatic carbocycles. The Morgan fingerprint density at radius 1 is 0.939 bits per heavy atom. The van der Waals surface area contributed by atoms with Gasteiger partial charge in [-0.3, -0.25) is 14.9 Å². The SMILES string of the molecule is Cc1ccc(N2C(=O)NC(=O)/C(=C\c3ccc(OCc4ccc(Br)cc4Br)cc3)C2=O)cc1. The van der Waals surface area contributed by atoms with Gasteiger partial charge in [0.15, 0.2) is 0 Å². The van der Waals surface area contributed by atoms with Gasteiger partial charge in [0.25, 0.3) is 11.8 Å². The Hall–Kier alpha value is -3.23. The predicted octanol–water partition coefficient (Wildman–Crippen LogP) is 5.77. The lowest BCUT2D eigenvalue weighted by Gasteiger charge is -2.26. The number of urea groups is 1. The van der Waals surface area contributed by atoms with Crippen LogP contribution in [0.3, 0.4) is 0 Å². The van der Waals surface area contributed by atoms with Gasteiger partial charge in [-0.15, -0.1) is 0 Å². The van der Waals surface area contributed by atoms with E-state index in [2.05, 4.69) is 37.2 Å². The van der Waals surface area contributed by atoms with Crippen LogP contribution in [0.1, 0.15) is 16.7 Å². The summed E-state index contributed by atoms with van der Waals surface area (Å²) in [6, 6.07) is 19.0. The molecule has 1 aliphatic heterocycles. The molecule has 1 heterocycles. The molecule has 0 unspecified atom stereocenters. The first kappa shape index (κ1) is 22.9. The van der Waals surface area contributed by atoms with Gasteiger partial charge in [0.05, 0.1) is 5.69 Å². The molecule has 6 nitrogen and oxygen atoms in total. The molecule has 0 radical (unpaired) electrons. The minimum atomic E-state index is -0.770. The maximum Gasteiger partial charge on any atom is 0.335 e. The third-order valence-electron chi connectivity index (χ3n) is 4.99. The first-order valence-electron chi connectivity index (χ1n) is 9.97. The van der Waals surface area contributed by atoms with E-state index in [-0.39, 0.29) is 5.57 Å². The van der Waals surface area contributed by atoms with Crippen molar-refractivity contribution in [3.63, 3.8) is 0 Å². The second-order valence-electron chi connectivity index (χ2n) is 7.39. The topological polar surface area (TPSA) is 75.7 Å². The lowest BCUT2D eigenvalue weighted by Crippen LogP contribution is -2.54. The van der Waals surface area contributed by atoms with Crippen LogP contribution in [0.5, 0.6) is 5.75 Å². The van der Waals surface area contributed by atoms with Crippen molar-refractivity contribution in [2.24, 2.45) is 0 Å². The first-order valence-corrected chi connectivity index (χ1v) is 11.6. The molecule has 3 aromatic rings. The minimum Gasteiger partial charge on any atom is -0.489 e. The van der Waals surface area contributed by atoms with Crippen molar-refractivity contribution in [2.45, 2.75) is 13.5 Å². The second-order valence-corrected chi connectivity index (χ2v) is 9.16. The van der Waals surface area contributed by atoms with Crippen molar-refractivity contribution < 1.29 is 19.1 Å². The van der Waals surface area contributed by atoms with Gasteiger partial charge in [-0.05, 0) is 55.0 Å². The molecule has 0 saturated carbocycles. The lowest BCUT2D eigenvalue weighted by atomic mass is 10.1. The van der Waals surface area contributed by atoms with E-state index in [1.54, 1.807) is 48.5 Å². The lowest BCUT2D eigenvalue weighted by molar-refractivity contribution is -0.122. The van der Waals surface area contributed by atoms with Crippen molar-refractivity contribution >= 4 is 61.5 Å². The van der Waals surface area contributed by atoms with E-state index < -0.39 is 17.8 Å². The summed E-state index contributed by atoms with van der Waals surface area (Å²) in [5.74, 6) is -0.760. The van der Waals surface area contributed by atoms with Crippen LogP contribution in [0.25, 0.3) is 6.08 Å². The molecule has 1 aliphatic rings. The zero-order chi connectivity index (χ0) is 23.5. The van der Waals surface area contributed by atoms with Crippen LogP contribution < -0.4 is 15.0 Å². The average molecular weight is 570 g/mol. The number of hydrogen-bond donors (Lipinski definition) is 1. The molecule has 1 saturated heterocycles. The molecular formula is C25H18Br2N2O4. The van der Waals surface area contributed by atoms with Crippen LogP contribution in [-0.4, -0.2) is 17.8 Å². The van der Waals surface area contributed by atoms with E-state index >= 15 is 0 Å². The predicted molar refractivity (Wildman–Crippen MR) is 133 cm³/mol. The Bertz CT molecular complexity index is 1270. The van der Waals surface area contributed by atoms with Gasteiger partial charge in [-0.1, -0.05) is 67.8 Å². The van der Waals surface area contributed by atoms with Crippen molar-refractivity contribution in [2.75, 3.05) is 4.90 Å². The third-order valence-corrected chi connectivity index (χ3v) is 6.23. The van der Waals surface area contributed by atoms with Crippen molar-refractivity contribution in [1.29, 1.82) is 0 Å². The fourth-order valence-corrected chi connectivity index (χ4v) is 4.37. The Morgan fingerprint density at radius 2 is 1.64 bits per heavy atom. The fourth-order valence-electron chi connectivity index (χ4n) is 3.21. The number of ether oxygens (including phenoxy) is 1. The van der Waals surface area contributed by atoms with Crippen LogP contribution in [-0.2, 0) is 16.2 Å². The minimum absolute atomic E-state index is 0.123. The second kappa shape index (κ2) is 9.72. The Morgan fingerprint density at radius 3 is 2.30 bits per heavy atom. The molecule has 1 fully saturated rings. The number of nitrogens with one attached hydrogen (secondary N) is 1. The number of carbonyl (C=O) groups is 3. The third kappa shape index (κ3) is 5.23. The number of anilines is 1. The first-order chi connectivity index (χ1) is 15.8. The zero-order valence-corrected chi connectivity index (χ0v) is 20.6. The highest BCUT2D eigenvalue weighted by Crippen LogP contribution is 2.25. The number of hydrogen-bond acceptors (Lipinski definition) is 4. The van der Waals surface area contributed by atoms with Crippen molar-refractivity contribution in [3.05, 3.63) is 97.9 Å². The van der Waals surface area contributed by atoms with E-state index in [4.69, 9.17) is 4.74 Å². The number of amides is 4. The molecule has 33 heavy (non-hydrogen) atoms. The Balaban J connectivity index is 1.51. The molecule has 4 rings (SSSR count). The number of halogens is 2. The van der Waals surface area contributed by atoms with Gasteiger partial charge in [-0.25, -0.2) is 9.69 Å². The summed E-state index contributed by atoms with van der Waals surface area (Å²) in [4.78, 5) is 38.6. The van der Waals surface area contributed by atoms with Gasteiger partial charge in [0, 0.05) is 14.5 Å². The maximum atomic E-state index is 13.0. The molecule has 4 amide bonds. The maximum absolute atomic E-state index is 13.0. The zero-order valence-electron chi connectivity index (χ0n) is 17.5. The summed E-state index contributed by atoms with van der Waals surface area (Å²) in [5, 5.41) is 2.23. The average Bonchev–Trinajstić information content (AvgIpc) is 2.78. The van der Waals surface area contributed by atoms with E-state index in [1.807, 2.05) is 25.1 Å². The number of benzene rings is 3. The smallest absolute Gasteiger partial charge is 0.335 e. The number of nitrogens with zero attached hydrogens (tertiary/aromatic N) is 1. The summed E-state index contributed by atoms with van der Waals surface area (Å²) < 4.78 is 7.74. The summed E-state index contributed by atoms with van der Waals surface area (Å²) in [5.41, 5.74) is 2.89. The quantitative estimate of drug-likeness (QED) is 0.313. The molecular weight excluding hydrogens is 552 g/mol. The van der Waals surface area contributed by atoms with Gasteiger partial charge in [-0.2, -0.15) is 0 Å². The van der Waals surface area contributed by atoms with Gasteiger partial charge < -0.3 is 4.74 Å². The summed E-state index contributed by atoms with van der Waals surface area (Å²) in [6.07, 6.45) is 1.46. The van der Waals surface area contributed by atoms with E-state index in [0.717, 1.165) is 25.0 Å². The number of rotatable bonds is 5. The molecule has 0 bridgehead atoms. The van der Waals surface area contributed by atoms with Gasteiger partial charge >= 0.3 is 6.03 Å². The Labute approximate surface area is 207 Å².